The van der Waals surface area contributed by atoms with Crippen molar-refractivity contribution in [2.75, 3.05) is 4.90 Å². The summed E-state index contributed by atoms with van der Waals surface area (Å²) in [5.74, 6) is -2.83. The average molecular weight is 503 g/mol. The van der Waals surface area contributed by atoms with Crippen LogP contribution < -0.4 is 9.64 Å². The van der Waals surface area contributed by atoms with Crippen molar-refractivity contribution in [1.29, 1.82) is 0 Å². The molecule has 0 radical (unpaired) electrons. The van der Waals surface area contributed by atoms with Gasteiger partial charge in [0, 0.05) is 17.3 Å². The highest BCUT2D eigenvalue weighted by Gasteiger charge is 2.47. The van der Waals surface area contributed by atoms with E-state index in [1.54, 1.807) is 42.5 Å². The molecule has 0 aromatic heterocycles. The molecule has 0 bridgehead atoms. The number of aryl methyl sites for hydroxylation is 1. The molecule has 0 aliphatic carbocycles. The lowest BCUT2D eigenvalue weighted by atomic mass is 9.92. The molecule has 0 saturated carbocycles. The highest BCUT2D eigenvalue weighted by Crippen LogP contribution is 2.44. The normalized spacial score (nSPS) is 17.4. The number of carbonyl (C=O) groups is 2. The fraction of sp³-hybridized carbons (Fsp3) is 0.103. The number of amides is 1. The quantitative estimate of drug-likeness (QED) is 0.192. The molecule has 4 aromatic carbocycles. The van der Waals surface area contributed by atoms with Crippen molar-refractivity contribution >= 4 is 33.9 Å². The molecule has 0 spiro atoms. The molecule has 1 atom stereocenters. The van der Waals surface area contributed by atoms with Crippen LogP contribution in [0.2, 0.25) is 0 Å². The third kappa shape index (κ3) is 4.53. The van der Waals surface area contributed by atoms with Gasteiger partial charge in [0.15, 0.2) is 0 Å². The van der Waals surface area contributed by atoms with Gasteiger partial charge in [-0.1, -0.05) is 78.4 Å². The number of aliphatic hydroxyl groups excluding tert-OH is 1. The number of fused-ring (bicyclic) bond motifs is 1. The largest absolute Gasteiger partial charge is 0.573 e. The molecule has 1 heterocycles. The number of carbonyl (C=O) groups excluding carboxylic acids is 2. The number of rotatable bonds is 4. The Morgan fingerprint density at radius 1 is 0.892 bits per heavy atom. The topological polar surface area (TPSA) is 66.8 Å². The summed E-state index contributed by atoms with van der Waals surface area (Å²) < 4.78 is 42.6. The number of aliphatic hydroxyl groups is 1. The Morgan fingerprint density at radius 2 is 1.59 bits per heavy atom. The number of alkyl halides is 3. The lowest BCUT2D eigenvalue weighted by Gasteiger charge is -2.26. The molecule has 1 saturated heterocycles. The number of nitrogens with zero attached hydrogens (tertiary/aromatic N) is 1. The van der Waals surface area contributed by atoms with Crippen LogP contribution in [0.1, 0.15) is 22.7 Å². The second-order valence-corrected chi connectivity index (χ2v) is 8.66. The molecule has 5 rings (SSSR count). The van der Waals surface area contributed by atoms with Crippen LogP contribution in [0.25, 0.3) is 16.5 Å². The summed E-state index contributed by atoms with van der Waals surface area (Å²) in [4.78, 5) is 27.8. The van der Waals surface area contributed by atoms with Crippen LogP contribution in [0, 0.1) is 6.92 Å². The zero-order valence-corrected chi connectivity index (χ0v) is 19.5. The lowest BCUT2D eigenvalue weighted by molar-refractivity contribution is -0.274. The van der Waals surface area contributed by atoms with E-state index in [9.17, 15) is 27.9 Å². The summed E-state index contributed by atoms with van der Waals surface area (Å²) >= 11 is 0. The maximum Gasteiger partial charge on any atom is 0.573 e. The summed E-state index contributed by atoms with van der Waals surface area (Å²) in [6, 6.07) is 23.3. The van der Waals surface area contributed by atoms with Crippen LogP contribution >= 0.6 is 0 Å². The summed E-state index contributed by atoms with van der Waals surface area (Å²) in [6.45, 7) is 1.83. The molecule has 1 unspecified atom stereocenters. The van der Waals surface area contributed by atoms with E-state index in [4.69, 9.17) is 0 Å². The van der Waals surface area contributed by atoms with Crippen molar-refractivity contribution in [3.05, 3.63) is 113 Å². The zero-order valence-electron chi connectivity index (χ0n) is 19.5. The standard InChI is InChI=1S/C29H20F3NO4/c1-17-7-4-10-19(15-17)25-24(26(34)23-14-5-9-18-8-2-3-13-22(18)23)27(35)28(36)33(25)20-11-6-12-21(16-20)37-29(30,31)32/h2-16,25,34H,1H3/b26-24-. The molecule has 1 aliphatic rings. The van der Waals surface area contributed by atoms with Crippen LogP contribution in [-0.2, 0) is 9.59 Å². The first-order valence-electron chi connectivity index (χ1n) is 11.4. The maximum absolute atomic E-state index is 13.4. The Labute approximate surface area is 210 Å². The number of hydrogen-bond donors (Lipinski definition) is 1. The Bertz CT molecular complexity index is 1570. The van der Waals surface area contributed by atoms with E-state index in [-0.39, 0.29) is 17.0 Å². The van der Waals surface area contributed by atoms with Gasteiger partial charge in [-0.2, -0.15) is 0 Å². The molecule has 8 heteroatoms. The van der Waals surface area contributed by atoms with Crippen molar-refractivity contribution in [1.82, 2.24) is 0 Å². The molecule has 1 amide bonds. The van der Waals surface area contributed by atoms with Crippen molar-refractivity contribution in [2.24, 2.45) is 0 Å². The Hall–Kier alpha value is -4.59. The fourth-order valence-corrected chi connectivity index (χ4v) is 4.66. The Balaban J connectivity index is 1.73. The van der Waals surface area contributed by atoms with Gasteiger partial charge in [-0.3, -0.25) is 14.5 Å². The van der Waals surface area contributed by atoms with Gasteiger partial charge in [0.05, 0.1) is 11.6 Å². The van der Waals surface area contributed by atoms with E-state index in [0.29, 0.717) is 16.5 Å². The molecule has 1 N–H and O–H groups in total. The molecule has 1 fully saturated rings. The predicted molar refractivity (Wildman–Crippen MR) is 133 cm³/mol. The first kappa shape index (κ1) is 24.1. The van der Waals surface area contributed by atoms with Gasteiger partial charge in [-0.25, -0.2) is 0 Å². The van der Waals surface area contributed by atoms with E-state index in [0.717, 1.165) is 28.0 Å². The summed E-state index contributed by atoms with van der Waals surface area (Å²) in [5, 5.41) is 13.0. The number of anilines is 1. The van der Waals surface area contributed by atoms with Gasteiger partial charge in [-0.05, 0) is 35.4 Å². The number of ketones is 1. The minimum atomic E-state index is -4.93. The first-order chi connectivity index (χ1) is 17.6. The van der Waals surface area contributed by atoms with E-state index in [2.05, 4.69) is 4.74 Å². The fourth-order valence-electron chi connectivity index (χ4n) is 4.66. The van der Waals surface area contributed by atoms with Gasteiger partial charge in [-0.15, -0.1) is 13.2 Å². The van der Waals surface area contributed by atoms with Gasteiger partial charge in [0.1, 0.15) is 11.5 Å². The van der Waals surface area contributed by atoms with Crippen molar-refractivity contribution in [2.45, 2.75) is 19.3 Å². The van der Waals surface area contributed by atoms with Crippen molar-refractivity contribution in [3.63, 3.8) is 0 Å². The number of benzene rings is 4. The molecule has 186 valence electrons. The molecule has 5 nitrogen and oxygen atoms in total. The van der Waals surface area contributed by atoms with Crippen LogP contribution in [0.5, 0.6) is 5.75 Å². The number of halogens is 3. The van der Waals surface area contributed by atoms with Crippen LogP contribution in [0.3, 0.4) is 0 Å². The second-order valence-electron chi connectivity index (χ2n) is 8.66. The summed E-state index contributed by atoms with van der Waals surface area (Å²) in [5.41, 5.74) is 1.58. The number of hydrogen-bond acceptors (Lipinski definition) is 4. The Kier molecular flexibility index (Phi) is 5.95. The van der Waals surface area contributed by atoms with Crippen LogP contribution in [0.15, 0.2) is 96.6 Å². The third-order valence-electron chi connectivity index (χ3n) is 6.18. The van der Waals surface area contributed by atoms with E-state index in [1.165, 1.54) is 12.1 Å². The molecular weight excluding hydrogens is 483 g/mol. The van der Waals surface area contributed by atoms with Gasteiger partial charge >= 0.3 is 6.36 Å². The number of Topliss-reactive ketones (excluding diaryl/α,β-unsaturated/α-hetero) is 1. The van der Waals surface area contributed by atoms with E-state index < -0.39 is 29.8 Å². The molecule has 37 heavy (non-hydrogen) atoms. The van der Waals surface area contributed by atoms with Crippen LogP contribution in [0.4, 0.5) is 18.9 Å². The second kappa shape index (κ2) is 9.13. The average Bonchev–Trinajstić information content (AvgIpc) is 3.13. The Morgan fingerprint density at radius 3 is 2.35 bits per heavy atom. The van der Waals surface area contributed by atoms with E-state index in [1.807, 2.05) is 31.2 Å². The summed E-state index contributed by atoms with van der Waals surface area (Å²) in [7, 11) is 0. The number of ether oxygens (including phenoxy) is 1. The van der Waals surface area contributed by atoms with Gasteiger partial charge < -0.3 is 9.84 Å². The predicted octanol–water partition coefficient (Wildman–Crippen LogP) is 6.67. The van der Waals surface area contributed by atoms with Crippen molar-refractivity contribution in [3.8, 4) is 5.75 Å². The lowest BCUT2D eigenvalue weighted by Crippen LogP contribution is -2.29. The first-order valence-corrected chi connectivity index (χ1v) is 11.4. The minimum Gasteiger partial charge on any atom is -0.507 e. The molecule has 4 aromatic rings. The smallest absolute Gasteiger partial charge is 0.507 e. The molecule has 1 aliphatic heterocycles. The monoisotopic (exact) mass is 503 g/mol. The highest BCUT2D eigenvalue weighted by atomic mass is 19.4. The summed E-state index contributed by atoms with van der Waals surface area (Å²) in [6.07, 6.45) is -4.93. The van der Waals surface area contributed by atoms with Crippen molar-refractivity contribution < 1.29 is 32.6 Å². The van der Waals surface area contributed by atoms with Gasteiger partial charge in [0.25, 0.3) is 11.7 Å². The SMILES string of the molecule is Cc1cccc(C2/C(=C(/O)c3cccc4ccccc34)C(=O)C(=O)N2c2cccc(OC(F)(F)F)c2)c1. The minimum absolute atomic E-state index is 0.0207. The molecular formula is C29H20F3NO4. The van der Waals surface area contributed by atoms with E-state index >= 15 is 0 Å². The highest BCUT2D eigenvalue weighted by molar-refractivity contribution is 6.51. The third-order valence-corrected chi connectivity index (χ3v) is 6.18. The van der Waals surface area contributed by atoms with Crippen LogP contribution in [-0.4, -0.2) is 23.2 Å². The van der Waals surface area contributed by atoms with Gasteiger partial charge in [0.2, 0.25) is 0 Å². The zero-order chi connectivity index (χ0) is 26.3. The maximum atomic E-state index is 13.4.